The highest BCUT2D eigenvalue weighted by Crippen LogP contribution is 2.36. The van der Waals surface area contributed by atoms with Crippen LogP contribution < -0.4 is 4.74 Å². The van der Waals surface area contributed by atoms with Crippen molar-refractivity contribution in [3.8, 4) is 5.75 Å². The first-order valence-corrected chi connectivity index (χ1v) is 7.96. The summed E-state index contributed by atoms with van der Waals surface area (Å²) < 4.78 is 6.75. The van der Waals surface area contributed by atoms with Crippen LogP contribution in [0.5, 0.6) is 5.75 Å². The molecule has 3 aromatic rings. The summed E-state index contributed by atoms with van der Waals surface area (Å²) in [7, 11) is 0. The lowest BCUT2D eigenvalue weighted by atomic mass is 9.99. The zero-order chi connectivity index (χ0) is 14.4. The fraction of sp³-hybridized carbons (Fsp3) is 0.118. The molecule has 4 rings (SSSR count). The fourth-order valence-corrected chi connectivity index (χ4v) is 3.92. The van der Waals surface area contributed by atoms with Gasteiger partial charge >= 0.3 is 0 Å². The van der Waals surface area contributed by atoms with E-state index in [1.165, 1.54) is 0 Å². The highest BCUT2D eigenvalue weighted by Gasteiger charge is 2.24. The van der Waals surface area contributed by atoms with Crippen LogP contribution in [0.15, 0.2) is 41.8 Å². The second-order valence-electron chi connectivity index (χ2n) is 5.01. The third-order valence-corrected chi connectivity index (χ3v) is 4.90. The Morgan fingerprint density at radius 1 is 1.19 bits per heavy atom. The Bertz CT molecular complexity index is 866. The van der Waals surface area contributed by atoms with Gasteiger partial charge in [0.15, 0.2) is 5.78 Å². The molecule has 0 radical (unpaired) electrons. The van der Waals surface area contributed by atoms with Gasteiger partial charge in [-0.05, 0) is 23.8 Å². The first-order chi connectivity index (χ1) is 10.2. The molecular weight excluding hydrogens is 304 g/mol. The standard InChI is InChI=1S/C17H11ClO2S/c18-11-7-10-5-6-20-17(10)13(8-11)16(19)14-9-21-15-4-2-1-3-12(14)15/h1-4,7-9H,5-6H2. The van der Waals surface area contributed by atoms with Crippen LogP contribution in [0.4, 0.5) is 0 Å². The number of ether oxygens (including phenoxy) is 1. The minimum absolute atomic E-state index is 0.0203. The van der Waals surface area contributed by atoms with Gasteiger partial charge in [-0.25, -0.2) is 0 Å². The van der Waals surface area contributed by atoms with Gasteiger partial charge in [-0.3, -0.25) is 4.79 Å². The van der Waals surface area contributed by atoms with Gasteiger partial charge in [-0.1, -0.05) is 29.8 Å². The van der Waals surface area contributed by atoms with E-state index in [9.17, 15) is 4.79 Å². The Morgan fingerprint density at radius 3 is 2.95 bits per heavy atom. The Labute approximate surface area is 130 Å². The van der Waals surface area contributed by atoms with Crippen molar-refractivity contribution in [1.82, 2.24) is 0 Å². The van der Waals surface area contributed by atoms with Crippen LogP contribution in [0.25, 0.3) is 10.1 Å². The Hall–Kier alpha value is -1.84. The molecule has 1 aliphatic heterocycles. The van der Waals surface area contributed by atoms with Crippen LogP contribution in [0.2, 0.25) is 5.02 Å². The van der Waals surface area contributed by atoms with Gasteiger partial charge in [-0.15, -0.1) is 11.3 Å². The quantitative estimate of drug-likeness (QED) is 0.640. The van der Waals surface area contributed by atoms with E-state index in [4.69, 9.17) is 16.3 Å². The summed E-state index contributed by atoms with van der Waals surface area (Å²) >= 11 is 7.73. The molecule has 0 aliphatic carbocycles. The first-order valence-electron chi connectivity index (χ1n) is 6.70. The van der Waals surface area contributed by atoms with E-state index >= 15 is 0 Å². The summed E-state index contributed by atoms with van der Waals surface area (Å²) in [6.45, 7) is 0.611. The van der Waals surface area contributed by atoms with E-state index in [1.807, 2.05) is 35.7 Å². The average Bonchev–Trinajstić information content (AvgIpc) is 3.11. The zero-order valence-corrected chi connectivity index (χ0v) is 12.6. The van der Waals surface area contributed by atoms with E-state index in [1.54, 1.807) is 17.4 Å². The Kier molecular flexibility index (Phi) is 2.98. The van der Waals surface area contributed by atoms with E-state index in [2.05, 4.69) is 0 Å². The molecule has 0 spiro atoms. The van der Waals surface area contributed by atoms with Crippen LogP contribution in [-0.2, 0) is 6.42 Å². The molecule has 0 bridgehead atoms. The second-order valence-corrected chi connectivity index (χ2v) is 6.36. The maximum absolute atomic E-state index is 12.9. The molecule has 0 amide bonds. The SMILES string of the molecule is O=C(c1cc(Cl)cc2c1OCC2)c1csc2ccccc12. The molecule has 0 saturated heterocycles. The molecule has 0 N–H and O–H groups in total. The van der Waals surface area contributed by atoms with Gasteiger partial charge < -0.3 is 4.74 Å². The topological polar surface area (TPSA) is 26.3 Å². The van der Waals surface area contributed by atoms with Crippen LogP contribution >= 0.6 is 22.9 Å². The molecule has 4 heteroatoms. The van der Waals surface area contributed by atoms with E-state index in [0.29, 0.717) is 22.9 Å². The summed E-state index contributed by atoms with van der Waals surface area (Å²) in [6, 6.07) is 11.5. The maximum Gasteiger partial charge on any atom is 0.198 e. The van der Waals surface area contributed by atoms with Gasteiger partial charge in [0.2, 0.25) is 0 Å². The van der Waals surface area contributed by atoms with Crippen LogP contribution in [-0.4, -0.2) is 12.4 Å². The molecule has 0 atom stereocenters. The molecule has 0 unspecified atom stereocenters. The molecule has 0 saturated carbocycles. The number of benzene rings is 2. The number of hydrogen-bond acceptors (Lipinski definition) is 3. The van der Waals surface area contributed by atoms with Crippen molar-refractivity contribution in [3.05, 3.63) is 63.5 Å². The number of fused-ring (bicyclic) bond motifs is 2. The molecule has 2 nitrogen and oxygen atoms in total. The van der Waals surface area contributed by atoms with Gasteiger partial charge in [0.1, 0.15) is 5.75 Å². The van der Waals surface area contributed by atoms with Gasteiger partial charge in [0.05, 0.1) is 12.2 Å². The van der Waals surface area contributed by atoms with Crippen LogP contribution in [0.1, 0.15) is 21.5 Å². The van der Waals surface area contributed by atoms with E-state index in [0.717, 1.165) is 27.6 Å². The monoisotopic (exact) mass is 314 g/mol. The molecule has 1 aromatic heterocycles. The lowest BCUT2D eigenvalue weighted by Gasteiger charge is -2.07. The number of rotatable bonds is 2. The lowest BCUT2D eigenvalue weighted by molar-refractivity contribution is 0.103. The molecular formula is C17H11ClO2S. The highest BCUT2D eigenvalue weighted by atomic mass is 35.5. The molecule has 21 heavy (non-hydrogen) atoms. The van der Waals surface area contributed by atoms with Crippen molar-refractivity contribution in [1.29, 1.82) is 0 Å². The van der Waals surface area contributed by atoms with Gasteiger partial charge in [0, 0.05) is 32.5 Å². The first kappa shape index (κ1) is 12.9. The van der Waals surface area contributed by atoms with Gasteiger partial charge in [-0.2, -0.15) is 0 Å². The number of carbonyl (C=O) groups is 1. The minimum atomic E-state index is -0.0203. The highest BCUT2D eigenvalue weighted by molar-refractivity contribution is 7.17. The predicted octanol–water partition coefficient (Wildman–Crippen LogP) is 4.72. The summed E-state index contributed by atoms with van der Waals surface area (Å²) in [5.74, 6) is 0.674. The Balaban J connectivity index is 1.89. The summed E-state index contributed by atoms with van der Waals surface area (Å²) in [5.41, 5.74) is 2.31. The minimum Gasteiger partial charge on any atom is -0.492 e. The van der Waals surface area contributed by atoms with Crippen molar-refractivity contribution in [2.45, 2.75) is 6.42 Å². The van der Waals surface area contributed by atoms with Crippen molar-refractivity contribution in [2.75, 3.05) is 6.61 Å². The number of halogens is 1. The second kappa shape index (κ2) is 4.86. The maximum atomic E-state index is 12.9. The van der Waals surface area contributed by atoms with E-state index < -0.39 is 0 Å². The van der Waals surface area contributed by atoms with Crippen molar-refractivity contribution in [3.63, 3.8) is 0 Å². The lowest BCUT2D eigenvalue weighted by Crippen LogP contribution is -2.03. The van der Waals surface area contributed by atoms with Crippen molar-refractivity contribution < 1.29 is 9.53 Å². The summed E-state index contributed by atoms with van der Waals surface area (Å²) in [5, 5.41) is 3.48. The third kappa shape index (κ3) is 2.04. The Morgan fingerprint density at radius 2 is 2.05 bits per heavy atom. The average molecular weight is 315 g/mol. The fourth-order valence-electron chi connectivity index (χ4n) is 2.74. The zero-order valence-electron chi connectivity index (χ0n) is 11.1. The van der Waals surface area contributed by atoms with Gasteiger partial charge in [0.25, 0.3) is 0 Å². The molecule has 1 aliphatic rings. The molecule has 2 aromatic carbocycles. The van der Waals surface area contributed by atoms with Crippen LogP contribution in [0, 0.1) is 0 Å². The predicted molar refractivity (Wildman–Crippen MR) is 85.9 cm³/mol. The summed E-state index contributed by atoms with van der Waals surface area (Å²) in [6.07, 6.45) is 0.806. The molecule has 104 valence electrons. The smallest absolute Gasteiger partial charge is 0.198 e. The van der Waals surface area contributed by atoms with Crippen LogP contribution in [0.3, 0.4) is 0 Å². The summed E-state index contributed by atoms with van der Waals surface area (Å²) in [4.78, 5) is 12.9. The number of hydrogen-bond donors (Lipinski definition) is 0. The normalized spacial score (nSPS) is 13.2. The number of thiophene rings is 1. The third-order valence-electron chi connectivity index (χ3n) is 3.72. The number of carbonyl (C=O) groups excluding carboxylic acids is 1. The molecule has 0 fully saturated rings. The number of ketones is 1. The molecule has 2 heterocycles. The van der Waals surface area contributed by atoms with Crippen molar-refractivity contribution in [2.24, 2.45) is 0 Å². The largest absolute Gasteiger partial charge is 0.492 e. The van der Waals surface area contributed by atoms with Crippen molar-refractivity contribution >= 4 is 38.8 Å². The van der Waals surface area contributed by atoms with E-state index in [-0.39, 0.29) is 5.78 Å².